The molecule has 0 aliphatic rings. The predicted molar refractivity (Wildman–Crippen MR) is 107 cm³/mol. The summed E-state index contributed by atoms with van der Waals surface area (Å²) in [5, 5.41) is 1.75. The first-order valence-electron chi connectivity index (χ1n) is 9.46. The van der Waals surface area contributed by atoms with E-state index in [2.05, 4.69) is 4.74 Å². The fourth-order valence-electron chi connectivity index (χ4n) is 3.69. The van der Waals surface area contributed by atoms with E-state index in [-0.39, 0.29) is 11.1 Å². The van der Waals surface area contributed by atoms with Gasteiger partial charge in [0.1, 0.15) is 17.4 Å². The summed E-state index contributed by atoms with van der Waals surface area (Å²) in [5.41, 5.74) is 1.79. The van der Waals surface area contributed by atoms with Gasteiger partial charge in [-0.1, -0.05) is 49.7 Å². The van der Waals surface area contributed by atoms with Gasteiger partial charge in [-0.15, -0.1) is 13.2 Å². The van der Waals surface area contributed by atoms with Crippen molar-refractivity contribution < 1.29 is 26.7 Å². The smallest absolute Gasteiger partial charge is 0.406 e. The van der Waals surface area contributed by atoms with Gasteiger partial charge in [-0.2, -0.15) is 0 Å². The highest BCUT2D eigenvalue weighted by Crippen LogP contribution is 2.34. The molecule has 0 heterocycles. The van der Waals surface area contributed by atoms with Crippen molar-refractivity contribution in [1.29, 1.82) is 0 Å². The van der Waals surface area contributed by atoms with Crippen LogP contribution in [-0.4, -0.2) is 6.36 Å². The van der Waals surface area contributed by atoms with Gasteiger partial charge in [0.2, 0.25) is 0 Å². The van der Waals surface area contributed by atoms with Gasteiger partial charge in [-0.25, -0.2) is 8.78 Å². The third-order valence-corrected chi connectivity index (χ3v) is 5.04. The Morgan fingerprint density at radius 1 is 0.733 bits per heavy atom. The van der Waals surface area contributed by atoms with Crippen molar-refractivity contribution in [2.45, 2.75) is 26.1 Å². The second-order valence-electron chi connectivity index (χ2n) is 7.07. The summed E-state index contributed by atoms with van der Waals surface area (Å²) < 4.78 is 70.5. The maximum Gasteiger partial charge on any atom is 0.573 e. The van der Waals surface area contributed by atoms with Crippen LogP contribution in [0.3, 0.4) is 0 Å². The lowest BCUT2D eigenvalue weighted by atomic mass is 9.95. The van der Waals surface area contributed by atoms with Gasteiger partial charge in [-0.3, -0.25) is 0 Å². The van der Waals surface area contributed by atoms with Gasteiger partial charge in [0.25, 0.3) is 0 Å². The monoisotopic (exact) mass is 416 g/mol. The number of halogens is 5. The van der Waals surface area contributed by atoms with E-state index >= 15 is 0 Å². The first-order valence-corrected chi connectivity index (χ1v) is 9.46. The molecule has 0 aliphatic carbocycles. The number of rotatable bonds is 4. The molecule has 4 aromatic rings. The average Bonchev–Trinajstić information content (AvgIpc) is 2.70. The van der Waals surface area contributed by atoms with Gasteiger partial charge in [0.05, 0.1) is 0 Å². The zero-order chi connectivity index (χ0) is 21.5. The molecule has 0 saturated carbocycles. The Kier molecular flexibility index (Phi) is 5.10. The van der Waals surface area contributed by atoms with E-state index < -0.39 is 18.0 Å². The summed E-state index contributed by atoms with van der Waals surface area (Å²) >= 11 is 0. The Bertz CT molecular complexity index is 1230. The number of hydrogen-bond donors (Lipinski definition) is 0. The van der Waals surface area contributed by atoms with Crippen LogP contribution in [0, 0.1) is 11.6 Å². The van der Waals surface area contributed by atoms with Gasteiger partial charge in [0.15, 0.2) is 0 Å². The van der Waals surface area contributed by atoms with Crippen molar-refractivity contribution in [2.24, 2.45) is 0 Å². The SMILES string of the molecule is CCCc1ccc2c(cc(F)c3cc(-c4ccc(OC(F)(F)F)cc4)ccc32)c1F. The minimum absolute atomic E-state index is 0.243. The number of fused-ring (bicyclic) bond motifs is 3. The summed E-state index contributed by atoms with van der Waals surface area (Å²) in [6.45, 7) is 1.95. The topological polar surface area (TPSA) is 9.23 Å². The largest absolute Gasteiger partial charge is 0.573 e. The molecule has 0 unspecified atom stereocenters. The van der Waals surface area contributed by atoms with Crippen LogP contribution in [0.25, 0.3) is 32.7 Å². The number of benzene rings is 4. The van der Waals surface area contributed by atoms with Crippen LogP contribution < -0.4 is 4.74 Å². The van der Waals surface area contributed by atoms with Crippen LogP contribution in [0.15, 0.2) is 60.7 Å². The number of ether oxygens (including phenoxy) is 1. The zero-order valence-electron chi connectivity index (χ0n) is 16.0. The van der Waals surface area contributed by atoms with Crippen LogP contribution >= 0.6 is 0 Å². The number of hydrogen-bond acceptors (Lipinski definition) is 1. The zero-order valence-corrected chi connectivity index (χ0v) is 16.0. The Morgan fingerprint density at radius 3 is 2.03 bits per heavy atom. The lowest BCUT2D eigenvalue weighted by molar-refractivity contribution is -0.274. The van der Waals surface area contributed by atoms with Crippen LogP contribution in [0.5, 0.6) is 5.75 Å². The summed E-state index contributed by atoms with van der Waals surface area (Å²) in [6, 6.07) is 15.1. The molecule has 154 valence electrons. The van der Waals surface area contributed by atoms with E-state index in [1.165, 1.54) is 30.3 Å². The number of aryl methyl sites for hydroxylation is 1. The average molecular weight is 416 g/mol. The molecule has 30 heavy (non-hydrogen) atoms. The molecule has 0 amide bonds. The highest BCUT2D eigenvalue weighted by Gasteiger charge is 2.31. The molecule has 0 bridgehead atoms. The molecule has 0 atom stereocenters. The first-order chi connectivity index (χ1) is 14.3. The molecule has 1 nitrogen and oxygen atoms in total. The summed E-state index contributed by atoms with van der Waals surface area (Å²) in [6.07, 6.45) is -3.40. The van der Waals surface area contributed by atoms with Crippen molar-refractivity contribution >= 4 is 21.5 Å². The summed E-state index contributed by atoms with van der Waals surface area (Å²) in [7, 11) is 0. The summed E-state index contributed by atoms with van der Waals surface area (Å²) in [4.78, 5) is 0. The molecule has 0 spiro atoms. The Labute approximate surface area is 169 Å². The van der Waals surface area contributed by atoms with E-state index in [1.54, 1.807) is 30.3 Å². The summed E-state index contributed by atoms with van der Waals surface area (Å²) in [5.74, 6) is -1.29. The van der Waals surface area contributed by atoms with Crippen molar-refractivity contribution in [1.82, 2.24) is 0 Å². The van der Waals surface area contributed by atoms with Crippen molar-refractivity contribution in [2.75, 3.05) is 0 Å². The van der Waals surface area contributed by atoms with E-state index in [4.69, 9.17) is 0 Å². The van der Waals surface area contributed by atoms with Crippen LogP contribution in [0.2, 0.25) is 0 Å². The van der Waals surface area contributed by atoms with E-state index in [1.807, 2.05) is 6.92 Å². The highest BCUT2D eigenvalue weighted by atomic mass is 19.4. The van der Waals surface area contributed by atoms with Gasteiger partial charge >= 0.3 is 6.36 Å². The van der Waals surface area contributed by atoms with Crippen molar-refractivity contribution in [3.63, 3.8) is 0 Å². The van der Waals surface area contributed by atoms with E-state index in [0.29, 0.717) is 39.3 Å². The van der Waals surface area contributed by atoms with Gasteiger partial charge < -0.3 is 4.74 Å². The molecule has 6 heteroatoms. The third-order valence-electron chi connectivity index (χ3n) is 5.04. The minimum atomic E-state index is -4.76. The fraction of sp³-hybridized carbons (Fsp3) is 0.167. The maximum absolute atomic E-state index is 14.8. The molecule has 4 aromatic carbocycles. The standard InChI is InChI=1S/C24H17F5O/c1-2-3-15-6-10-19-18-11-7-16(12-20(18)22(25)13-21(19)23(15)26)14-4-8-17(9-5-14)30-24(27,28)29/h4-13H,2-3H2,1H3. The molecule has 0 N–H and O–H groups in total. The van der Waals surface area contributed by atoms with Gasteiger partial charge in [-0.05, 0) is 58.1 Å². The second-order valence-corrected chi connectivity index (χ2v) is 7.07. The van der Waals surface area contributed by atoms with Crippen LogP contribution in [0.4, 0.5) is 22.0 Å². The van der Waals surface area contributed by atoms with Gasteiger partial charge in [0, 0.05) is 10.8 Å². The number of alkyl halides is 3. The minimum Gasteiger partial charge on any atom is -0.406 e. The molecular weight excluding hydrogens is 399 g/mol. The van der Waals surface area contributed by atoms with Crippen molar-refractivity contribution in [3.8, 4) is 16.9 Å². The second kappa shape index (κ2) is 7.59. The Hall–Kier alpha value is -3.15. The van der Waals surface area contributed by atoms with Crippen LogP contribution in [0.1, 0.15) is 18.9 Å². The van der Waals surface area contributed by atoms with E-state index in [9.17, 15) is 22.0 Å². The molecule has 0 fully saturated rings. The maximum atomic E-state index is 14.8. The molecule has 0 aromatic heterocycles. The highest BCUT2D eigenvalue weighted by molar-refractivity contribution is 6.09. The molecule has 0 aliphatic heterocycles. The molecule has 0 radical (unpaired) electrons. The lowest BCUT2D eigenvalue weighted by Crippen LogP contribution is -2.16. The van der Waals surface area contributed by atoms with Crippen LogP contribution in [-0.2, 0) is 6.42 Å². The quantitative estimate of drug-likeness (QED) is 0.244. The lowest BCUT2D eigenvalue weighted by Gasteiger charge is -2.12. The predicted octanol–water partition coefficient (Wildman–Crippen LogP) is 7.79. The van der Waals surface area contributed by atoms with E-state index in [0.717, 1.165) is 6.42 Å². The first kappa shape index (κ1) is 20.1. The third kappa shape index (κ3) is 3.82. The molecule has 0 saturated heterocycles. The fourth-order valence-corrected chi connectivity index (χ4v) is 3.69. The normalized spacial score (nSPS) is 11.9. The Balaban J connectivity index is 1.78. The molecular formula is C24H17F5O. The Morgan fingerprint density at radius 2 is 1.37 bits per heavy atom. The molecule has 4 rings (SSSR count). The van der Waals surface area contributed by atoms with Crippen molar-refractivity contribution in [3.05, 3.63) is 77.9 Å².